The van der Waals surface area contributed by atoms with E-state index in [1.807, 2.05) is 24.3 Å². The standard InChI is InChI=1S/C11H17NO2S/c1-13-10-4-2-3-5-11(10)15-9-8-14-7-6-12/h2-5H,6-9,12H2,1H3. The summed E-state index contributed by atoms with van der Waals surface area (Å²) in [6, 6.07) is 7.98. The van der Waals surface area contributed by atoms with Crippen LogP contribution in [0.25, 0.3) is 0 Å². The van der Waals surface area contributed by atoms with Gasteiger partial charge in [-0.25, -0.2) is 0 Å². The summed E-state index contributed by atoms with van der Waals surface area (Å²) in [6.07, 6.45) is 0. The van der Waals surface area contributed by atoms with E-state index in [1.165, 1.54) is 0 Å². The molecular weight excluding hydrogens is 210 g/mol. The Kier molecular flexibility index (Phi) is 6.23. The Morgan fingerprint density at radius 3 is 2.80 bits per heavy atom. The van der Waals surface area contributed by atoms with Crippen molar-refractivity contribution in [3.8, 4) is 5.75 Å². The average Bonchev–Trinajstić information content (AvgIpc) is 2.29. The van der Waals surface area contributed by atoms with Gasteiger partial charge in [0, 0.05) is 17.2 Å². The SMILES string of the molecule is COc1ccccc1SCCOCCN. The van der Waals surface area contributed by atoms with Crippen molar-refractivity contribution in [2.75, 3.05) is 32.6 Å². The molecule has 15 heavy (non-hydrogen) atoms. The summed E-state index contributed by atoms with van der Waals surface area (Å²) in [5.41, 5.74) is 5.32. The van der Waals surface area contributed by atoms with Gasteiger partial charge in [-0.3, -0.25) is 0 Å². The summed E-state index contributed by atoms with van der Waals surface area (Å²) < 4.78 is 10.5. The molecular formula is C11H17NO2S. The molecule has 0 aromatic heterocycles. The topological polar surface area (TPSA) is 44.5 Å². The van der Waals surface area contributed by atoms with E-state index < -0.39 is 0 Å². The molecule has 0 radical (unpaired) electrons. The molecule has 0 saturated carbocycles. The molecule has 84 valence electrons. The minimum atomic E-state index is 0.583. The van der Waals surface area contributed by atoms with E-state index in [0.717, 1.165) is 23.0 Å². The van der Waals surface area contributed by atoms with Crippen molar-refractivity contribution in [1.82, 2.24) is 0 Å². The van der Waals surface area contributed by atoms with Crippen LogP contribution in [0.15, 0.2) is 29.2 Å². The highest BCUT2D eigenvalue weighted by molar-refractivity contribution is 7.99. The third-order valence-electron chi connectivity index (χ3n) is 1.82. The van der Waals surface area contributed by atoms with Crippen molar-refractivity contribution in [2.24, 2.45) is 5.73 Å². The summed E-state index contributed by atoms with van der Waals surface area (Å²) in [6.45, 7) is 1.94. The van der Waals surface area contributed by atoms with Crippen LogP contribution in [-0.4, -0.2) is 32.6 Å². The zero-order valence-corrected chi connectivity index (χ0v) is 9.76. The highest BCUT2D eigenvalue weighted by atomic mass is 32.2. The molecule has 0 heterocycles. The molecule has 4 heteroatoms. The van der Waals surface area contributed by atoms with E-state index >= 15 is 0 Å². The lowest BCUT2D eigenvalue weighted by atomic mass is 10.3. The highest BCUT2D eigenvalue weighted by Gasteiger charge is 2.01. The van der Waals surface area contributed by atoms with Crippen LogP contribution in [-0.2, 0) is 4.74 Å². The summed E-state index contributed by atoms with van der Waals surface area (Å²) in [5.74, 6) is 1.83. The largest absolute Gasteiger partial charge is 0.496 e. The van der Waals surface area contributed by atoms with Crippen LogP contribution in [0.2, 0.25) is 0 Å². The molecule has 2 N–H and O–H groups in total. The Labute approximate surface area is 94.9 Å². The van der Waals surface area contributed by atoms with Crippen LogP contribution < -0.4 is 10.5 Å². The molecule has 0 saturated heterocycles. The molecule has 1 rings (SSSR count). The fraction of sp³-hybridized carbons (Fsp3) is 0.455. The van der Waals surface area contributed by atoms with Gasteiger partial charge in [0.1, 0.15) is 5.75 Å². The molecule has 0 amide bonds. The predicted molar refractivity (Wildman–Crippen MR) is 63.6 cm³/mol. The lowest BCUT2D eigenvalue weighted by molar-refractivity contribution is 0.158. The highest BCUT2D eigenvalue weighted by Crippen LogP contribution is 2.28. The van der Waals surface area contributed by atoms with Gasteiger partial charge in [0.05, 0.1) is 20.3 Å². The first-order chi connectivity index (χ1) is 7.38. The van der Waals surface area contributed by atoms with Gasteiger partial charge < -0.3 is 15.2 Å². The second-order valence-corrected chi connectivity index (χ2v) is 4.04. The predicted octanol–water partition coefficient (Wildman–Crippen LogP) is 1.76. The van der Waals surface area contributed by atoms with E-state index in [0.29, 0.717) is 13.2 Å². The summed E-state index contributed by atoms with van der Waals surface area (Å²) in [7, 11) is 1.68. The monoisotopic (exact) mass is 227 g/mol. The zero-order valence-electron chi connectivity index (χ0n) is 8.94. The van der Waals surface area contributed by atoms with Gasteiger partial charge in [-0.15, -0.1) is 11.8 Å². The van der Waals surface area contributed by atoms with E-state index in [4.69, 9.17) is 15.2 Å². The van der Waals surface area contributed by atoms with Crippen LogP contribution in [0.4, 0.5) is 0 Å². The number of methoxy groups -OCH3 is 1. The van der Waals surface area contributed by atoms with Gasteiger partial charge in [0.25, 0.3) is 0 Å². The quantitative estimate of drug-likeness (QED) is 0.569. The van der Waals surface area contributed by atoms with Crippen LogP contribution in [0.3, 0.4) is 0 Å². The van der Waals surface area contributed by atoms with Gasteiger partial charge >= 0.3 is 0 Å². The maximum atomic E-state index is 5.32. The Morgan fingerprint density at radius 2 is 2.07 bits per heavy atom. The number of nitrogens with two attached hydrogens (primary N) is 1. The lowest BCUT2D eigenvalue weighted by Gasteiger charge is -2.07. The first kappa shape index (κ1) is 12.4. The number of hydrogen-bond acceptors (Lipinski definition) is 4. The van der Waals surface area contributed by atoms with Crippen molar-refractivity contribution in [3.63, 3.8) is 0 Å². The summed E-state index contributed by atoms with van der Waals surface area (Å²) in [5, 5.41) is 0. The van der Waals surface area contributed by atoms with E-state index in [-0.39, 0.29) is 0 Å². The molecule has 0 aliphatic carbocycles. The van der Waals surface area contributed by atoms with Gasteiger partial charge in [0.2, 0.25) is 0 Å². The number of thioether (sulfide) groups is 1. The third kappa shape index (κ3) is 4.55. The molecule has 0 bridgehead atoms. The second kappa shape index (κ2) is 7.56. The van der Waals surface area contributed by atoms with Crippen molar-refractivity contribution < 1.29 is 9.47 Å². The molecule has 0 fully saturated rings. The number of benzene rings is 1. The molecule has 0 aliphatic rings. The first-order valence-corrected chi connectivity index (χ1v) is 5.90. The molecule has 1 aromatic carbocycles. The van der Waals surface area contributed by atoms with Crippen molar-refractivity contribution >= 4 is 11.8 Å². The van der Waals surface area contributed by atoms with Gasteiger partial charge in [0.15, 0.2) is 0 Å². The van der Waals surface area contributed by atoms with Gasteiger partial charge in [-0.05, 0) is 12.1 Å². The molecule has 0 aliphatic heterocycles. The van der Waals surface area contributed by atoms with E-state index in [9.17, 15) is 0 Å². The van der Waals surface area contributed by atoms with Crippen LogP contribution in [0.5, 0.6) is 5.75 Å². The number of para-hydroxylation sites is 1. The first-order valence-electron chi connectivity index (χ1n) is 4.92. The summed E-state index contributed by atoms with van der Waals surface area (Å²) in [4.78, 5) is 1.15. The molecule has 0 unspecified atom stereocenters. The van der Waals surface area contributed by atoms with Crippen LogP contribution in [0, 0.1) is 0 Å². The number of ether oxygens (including phenoxy) is 2. The average molecular weight is 227 g/mol. The van der Waals surface area contributed by atoms with Crippen LogP contribution >= 0.6 is 11.8 Å². The second-order valence-electron chi connectivity index (χ2n) is 2.90. The molecule has 0 spiro atoms. The molecule has 0 atom stereocenters. The van der Waals surface area contributed by atoms with Gasteiger partial charge in [-0.1, -0.05) is 12.1 Å². The number of hydrogen-bond donors (Lipinski definition) is 1. The van der Waals surface area contributed by atoms with Crippen molar-refractivity contribution in [3.05, 3.63) is 24.3 Å². The fourth-order valence-electron chi connectivity index (χ4n) is 1.13. The minimum Gasteiger partial charge on any atom is -0.496 e. The zero-order chi connectivity index (χ0) is 10.9. The molecule has 1 aromatic rings. The third-order valence-corrected chi connectivity index (χ3v) is 2.84. The maximum absolute atomic E-state index is 5.32. The number of rotatable bonds is 7. The van der Waals surface area contributed by atoms with E-state index in [1.54, 1.807) is 18.9 Å². The fourth-order valence-corrected chi connectivity index (χ4v) is 2.02. The smallest absolute Gasteiger partial charge is 0.132 e. The van der Waals surface area contributed by atoms with Gasteiger partial charge in [-0.2, -0.15) is 0 Å². The minimum absolute atomic E-state index is 0.583. The molecule has 3 nitrogen and oxygen atoms in total. The maximum Gasteiger partial charge on any atom is 0.132 e. The Balaban J connectivity index is 2.30. The van der Waals surface area contributed by atoms with E-state index in [2.05, 4.69) is 0 Å². The Morgan fingerprint density at radius 1 is 1.27 bits per heavy atom. The summed E-state index contributed by atoms with van der Waals surface area (Å²) >= 11 is 1.73. The lowest BCUT2D eigenvalue weighted by Crippen LogP contribution is -2.09. The Hall–Kier alpha value is -0.710. The van der Waals surface area contributed by atoms with Crippen molar-refractivity contribution in [2.45, 2.75) is 4.90 Å². The Bertz CT molecular complexity index is 281. The van der Waals surface area contributed by atoms with Crippen molar-refractivity contribution in [1.29, 1.82) is 0 Å². The van der Waals surface area contributed by atoms with Crippen LogP contribution in [0.1, 0.15) is 0 Å². The normalized spacial score (nSPS) is 10.3.